The largest absolute Gasteiger partial charge is 0.490 e. The third-order valence-corrected chi connectivity index (χ3v) is 4.62. The lowest BCUT2D eigenvalue weighted by Crippen LogP contribution is -2.23. The first-order chi connectivity index (χ1) is 15.5. The number of hydrogen-bond acceptors (Lipinski definition) is 3. The van der Waals surface area contributed by atoms with Crippen LogP contribution in [0, 0.1) is 12.3 Å². The molecular formula is C24H22F3N3O3. The Morgan fingerprint density at radius 3 is 2.06 bits per heavy atom. The summed E-state index contributed by atoms with van der Waals surface area (Å²) in [5.41, 5.74) is 10.9. The molecule has 33 heavy (non-hydrogen) atoms. The molecule has 9 heteroatoms. The molecular weight excluding hydrogens is 435 g/mol. The van der Waals surface area contributed by atoms with Crippen LogP contribution in [-0.2, 0) is 11.3 Å². The lowest BCUT2D eigenvalue weighted by atomic mass is 9.96. The van der Waals surface area contributed by atoms with E-state index in [4.69, 9.17) is 21.0 Å². The van der Waals surface area contributed by atoms with Crippen molar-refractivity contribution in [2.75, 3.05) is 0 Å². The molecule has 5 N–H and O–H groups in total. The Hall–Kier alpha value is -4.14. The Bertz CT molecular complexity index is 1130. The highest BCUT2D eigenvalue weighted by Gasteiger charge is 2.38. The number of aliphatic carboxylic acids is 1. The van der Waals surface area contributed by atoms with E-state index in [2.05, 4.69) is 5.32 Å². The van der Waals surface area contributed by atoms with Gasteiger partial charge in [-0.2, -0.15) is 13.2 Å². The van der Waals surface area contributed by atoms with Crippen LogP contribution < -0.4 is 11.1 Å². The van der Waals surface area contributed by atoms with Gasteiger partial charge in [0.15, 0.2) is 0 Å². The number of alkyl halides is 3. The standard InChI is InChI=1S/C22H21N3O.C2HF3O2/c1-15-19(17-6-3-2-4-7-17)8-5-9-20(15)22(26)25-14-16-10-12-18(13-11-16)21(23)24;3-2(4,5)1(6)7/h2-13H,14H2,1H3,(H3,23,24)(H,25,26);(H,6,7). The molecule has 3 rings (SSSR count). The second-order valence-corrected chi connectivity index (χ2v) is 6.94. The molecule has 6 nitrogen and oxygen atoms in total. The summed E-state index contributed by atoms with van der Waals surface area (Å²) in [6.07, 6.45) is -5.08. The molecule has 0 unspecified atom stereocenters. The Morgan fingerprint density at radius 1 is 0.970 bits per heavy atom. The SMILES string of the molecule is Cc1c(C(=O)NCc2ccc(C(=N)N)cc2)cccc1-c1ccccc1.O=C(O)C(F)(F)F. The molecule has 3 aromatic rings. The number of hydrogen-bond donors (Lipinski definition) is 4. The van der Waals surface area contributed by atoms with Crippen molar-refractivity contribution in [1.82, 2.24) is 5.32 Å². The Kier molecular flexibility index (Phi) is 8.33. The van der Waals surface area contributed by atoms with Crippen molar-refractivity contribution >= 4 is 17.7 Å². The number of carbonyl (C=O) groups excluding carboxylic acids is 1. The highest BCUT2D eigenvalue weighted by Crippen LogP contribution is 2.25. The molecule has 3 aromatic carbocycles. The smallest absolute Gasteiger partial charge is 0.475 e. The molecule has 0 fully saturated rings. The first-order valence-corrected chi connectivity index (χ1v) is 9.67. The van der Waals surface area contributed by atoms with Crippen molar-refractivity contribution < 1.29 is 27.9 Å². The van der Waals surface area contributed by atoms with E-state index in [0.717, 1.165) is 22.3 Å². The zero-order valence-corrected chi connectivity index (χ0v) is 17.6. The van der Waals surface area contributed by atoms with E-state index in [1.54, 1.807) is 12.1 Å². The van der Waals surface area contributed by atoms with Gasteiger partial charge in [0.05, 0.1) is 0 Å². The number of carboxylic acid groups (broad SMARTS) is 1. The fraction of sp³-hybridized carbons (Fsp3) is 0.125. The van der Waals surface area contributed by atoms with Crippen molar-refractivity contribution in [3.05, 3.63) is 95.1 Å². The first kappa shape index (κ1) is 25.1. The van der Waals surface area contributed by atoms with E-state index in [-0.39, 0.29) is 11.7 Å². The maximum atomic E-state index is 12.6. The van der Waals surface area contributed by atoms with Gasteiger partial charge in [0, 0.05) is 17.7 Å². The summed E-state index contributed by atoms with van der Waals surface area (Å²) in [7, 11) is 0. The molecule has 1 amide bonds. The third kappa shape index (κ3) is 7.20. The van der Waals surface area contributed by atoms with Crippen LogP contribution in [0.15, 0.2) is 72.8 Å². The number of nitrogen functional groups attached to an aromatic ring is 1. The van der Waals surface area contributed by atoms with E-state index in [1.807, 2.05) is 67.6 Å². The predicted molar refractivity (Wildman–Crippen MR) is 119 cm³/mol. The van der Waals surface area contributed by atoms with E-state index in [0.29, 0.717) is 17.7 Å². The quantitative estimate of drug-likeness (QED) is 0.333. The summed E-state index contributed by atoms with van der Waals surface area (Å²) < 4.78 is 31.7. The van der Waals surface area contributed by atoms with Gasteiger partial charge < -0.3 is 16.2 Å². The molecule has 0 saturated heterocycles. The monoisotopic (exact) mass is 457 g/mol. The number of carbonyl (C=O) groups is 2. The summed E-state index contributed by atoms with van der Waals surface area (Å²) >= 11 is 0. The molecule has 0 spiro atoms. The van der Waals surface area contributed by atoms with Gasteiger partial charge in [0.1, 0.15) is 5.84 Å². The van der Waals surface area contributed by atoms with Crippen LogP contribution in [0.3, 0.4) is 0 Å². The average molecular weight is 457 g/mol. The predicted octanol–water partition coefficient (Wildman–Crippen LogP) is 4.51. The van der Waals surface area contributed by atoms with E-state index in [9.17, 15) is 18.0 Å². The minimum atomic E-state index is -5.08. The van der Waals surface area contributed by atoms with Crippen LogP contribution in [0.5, 0.6) is 0 Å². The second kappa shape index (κ2) is 10.9. The molecule has 0 bridgehead atoms. The normalized spacial score (nSPS) is 10.5. The van der Waals surface area contributed by atoms with Gasteiger partial charge in [0.25, 0.3) is 5.91 Å². The van der Waals surface area contributed by atoms with Crippen LogP contribution in [0.2, 0.25) is 0 Å². The van der Waals surface area contributed by atoms with Crippen LogP contribution in [0.1, 0.15) is 27.0 Å². The number of carboxylic acids is 1. The lowest BCUT2D eigenvalue weighted by molar-refractivity contribution is -0.192. The van der Waals surface area contributed by atoms with Gasteiger partial charge in [-0.05, 0) is 35.2 Å². The number of amides is 1. The summed E-state index contributed by atoms with van der Waals surface area (Å²) in [6, 6.07) is 23.1. The molecule has 0 aliphatic rings. The summed E-state index contributed by atoms with van der Waals surface area (Å²) in [4.78, 5) is 21.5. The molecule has 0 atom stereocenters. The van der Waals surface area contributed by atoms with Gasteiger partial charge in [-0.3, -0.25) is 10.2 Å². The molecule has 0 aromatic heterocycles. The van der Waals surface area contributed by atoms with Crippen LogP contribution in [-0.4, -0.2) is 29.0 Å². The second-order valence-electron chi connectivity index (χ2n) is 6.94. The maximum absolute atomic E-state index is 12.6. The minimum Gasteiger partial charge on any atom is -0.475 e. The molecule has 0 aliphatic carbocycles. The summed E-state index contributed by atoms with van der Waals surface area (Å²) in [5, 5.41) is 17.5. The molecule has 0 heterocycles. The van der Waals surface area contributed by atoms with E-state index >= 15 is 0 Å². The number of benzene rings is 3. The van der Waals surface area contributed by atoms with Gasteiger partial charge in [-0.25, -0.2) is 4.79 Å². The maximum Gasteiger partial charge on any atom is 0.490 e. The number of nitrogens with two attached hydrogens (primary N) is 1. The van der Waals surface area contributed by atoms with Crippen LogP contribution in [0.25, 0.3) is 11.1 Å². The van der Waals surface area contributed by atoms with Crippen molar-refractivity contribution in [3.63, 3.8) is 0 Å². The van der Waals surface area contributed by atoms with Crippen molar-refractivity contribution in [1.29, 1.82) is 5.41 Å². The topological polar surface area (TPSA) is 116 Å². The molecule has 0 saturated carbocycles. The zero-order chi connectivity index (χ0) is 24.6. The molecule has 0 aliphatic heterocycles. The van der Waals surface area contributed by atoms with E-state index < -0.39 is 12.1 Å². The van der Waals surface area contributed by atoms with Gasteiger partial charge in [0.2, 0.25) is 0 Å². The van der Waals surface area contributed by atoms with Gasteiger partial charge in [-0.1, -0.05) is 66.7 Å². The first-order valence-electron chi connectivity index (χ1n) is 9.67. The highest BCUT2D eigenvalue weighted by molar-refractivity contribution is 5.97. The lowest BCUT2D eigenvalue weighted by Gasteiger charge is -2.12. The fourth-order valence-corrected chi connectivity index (χ4v) is 2.89. The third-order valence-electron chi connectivity index (χ3n) is 4.62. The molecule has 0 radical (unpaired) electrons. The Labute approximate surface area is 188 Å². The van der Waals surface area contributed by atoms with Crippen LogP contribution in [0.4, 0.5) is 13.2 Å². The Morgan fingerprint density at radius 2 is 1.55 bits per heavy atom. The van der Waals surface area contributed by atoms with E-state index in [1.165, 1.54) is 0 Å². The van der Waals surface area contributed by atoms with Gasteiger partial charge >= 0.3 is 12.1 Å². The fourth-order valence-electron chi connectivity index (χ4n) is 2.89. The number of halogens is 3. The van der Waals surface area contributed by atoms with Crippen molar-refractivity contribution in [2.45, 2.75) is 19.6 Å². The van der Waals surface area contributed by atoms with Crippen molar-refractivity contribution in [3.8, 4) is 11.1 Å². The summed E-state index contributed by atoms with van der Waals surface area (Å²) in [6.45, 7) is 2.39. The highest BCUT2D eigenvalue weighted by atomic mass is 19.4. The Balaban J connectivity index is 0.000000479. The zero-order valence-electron chi connectivity index (χ0n) is 17.6. The van der Waals surface area contributed by atoms with Crippen molar-refractivity contribution in [2.24, 2.45) is 5.73 Å². The minimum absolute atomic E-state index is 0.0361. The number of nitrogens with one attached hydrogen (secondary N) is 2. The number of amidine groups is 1. The number of rotatable bonds is 5. The summed E-state index contributed by atoms with van der Waals surface area (Å²) in [5.74, 6) is -2.82. The van der Waals surface area contributed by atoms with Gasteiger partial charge in [-0.15, -0.1) is 0 Å². The molecule has 172 valence electrons. The average Bonchev–Trinajstić information content (AvgIpc) is 2.78. The van der Waals surface area contributed by atoms with Crippen LogP contribution >= 0.6 is 0 Å².